The Balaban J connectivity index is 2.17. The second-order valence-corrected chi connectivity index (χ2v) is 6.46. The van der Waals surface area contributed by atoms with E-state index < -0.39 is 10.0 Å². The van der Waals surface area contributed by atoms with Crippen LogP contribution < -0.4 is 4.72 Å². The van der Waals surface area contributed by atoms with Gasteiger partial charge in [-0.15, -0.1) is 0 Å². The minimum absolute atomic E-state index is 0.107. The van der Waals surface area contributed by atoms with E-state index in [0.29, 0.717) is 15.3 Å². The van der Waals surface area contributed by atoms with Crippen molar-refractivity contribution in [2.24, 2.45) is 0 Å². The molecule has 2 rings (SSSR count). The van der Waals surface area contributed by atoms with Crippen LogP contribution in [0.4, 0.5) is 0 Å². The number of halogens is 2. The van der Waals surface area contributed by atoms with Gasteiger partial charge in [0, 0.05) is 16.9 Å². The number of sulfonamides is 1. The summed E-state index contributed by atoms with van der Waals surface area (Å²) in [7, 11) is -3.57. The highest BCUT2D eigenvalue weighted by Gasteiger charge is 2.15. The predicted octanol–water partition coefficient (Wildman–Crippen LogP) is 2.30. The molecule has 2 N–H and O–H groups in total. The number of hydrogen-bond acceptors (Lipinski definition) is 3. The fourth-order valence-corrected chi connectivity index (χ4v) is 2.95. The van der Waals surface area contributed by atoms with Gasteiger partial charge < -0.3 is 4.98 Å². The summed E-state index contributed by atoms with van der Waals surface area (Å²) in [6.45, 7) is 0.107. The number of benzene rings is 1. The van der Waals surface area contributed by atoms with E-state index in [-0.39, 0.29) is 11.4 Å². The summed E-state index contributed by atoms with van der Waals surface area (Å²) < 4.78 is 26.9. The largest absolute Gasteiger partial charge is 0.347 e. The molecule has 0 atom stereocenters. The van der Waals surface area contributed by atoms with Crippen molar-refractivity contribution in [1.29, 1.82) is 0 Å². The molecule has 5 nitrogen and oxygen atoms in total. The van der Waals surface area contributed by atoms with Crippen LogP contribution in [0.1, 0.15) is 5.82 Å². The molecule has 0 fully saturated rings. The van der Waals surface area contributed by atoms with Gasteiger partial charge in [0.25, 0.3) is 0 Å². The Kier molecular flexibility index (Phi) is 4.06. The Bertz CT molecular complexity index is 643. The summed E-state index contributed by atoms with van der Waals surface area (Å²) in [5.74, 6) is 0.548. The van der Waals surface area contributed by atoms with Gasteiger partial charge in [-0.25, -0.2) is 18.1 Å². The highest BCUT2D eigenvalue weighted by Crippen LogP contribution is 2.25. The molecule has 1 aromatic carbocycles. The first-order chi connectivity index (χ1) is 8.49. The number of aromatic amines is 1. The third-order valence-electron chi connectivity index (χ3n) is 2.19. The van der Waals surface area contributed by atoms with Crippen LogP contribution in [0.15, 0.2) is 40.0 Å². The van der Waals surface area contributed by atoms with Crippen molar-refractivity contribution in [2.75, 3.05) is 0 Å². The Morgan fingerprint density at radius 2 is 2.22 bits per heavy atom. The zero-order chi connectivity index (χ0) is 13.2. The minimum atomic E-state index is -3.57. The Morgan fingerprint density at radius 1 is 1.44 bits per heavy atom. The highest BCUT2D eigenvalue weighted by molar-refractivity contribution is 9.10. The zero-order valence-electron chi connectivity index (χ0n) is 9.02. The van der Waals surface area contributed by atoms with Crippen molar-refractivity contribution in [2.45, 2.75) is 11.4 Å². The van der Waals surface area contributed by atoms with Gasteiger partial charge in [-0.1, -0.05) is 11.6 Å². The zero-order valence-corrected chi connectivity index (χ0v) is 12.2. The molecule has 0 radical (unpaired) electrons. The lowest BCUT2D eigenvalue weighted by molar-refractivity contribution is 0.579. The number of imidazole rings is 1. The number of aromatic nitrogens is 2. The molecule has 0 aliphatic rings. The van der Waals surface area contributed by atoms with Crippen molar-refractivity contribution in [3.8, 4) is 0 Å². The van der Waals surface area contributed by atoms with Gasteiger partial charge in [0.1, 0.15) is 5.82 Å². The van der Waals surface area contributed by atoms with Crippen molar-refractivity contribution >= 4 is 37.6 Å². The molecule has 0 unspecified atom stereocenters. The first kappa shape index (κ1) is 13.5. The van der Waals surface area contributed by atoms with Gasteiger partial charge >= 0.3 is 0 Å². The molecule has 2 aromatic rings. The molecule has 1 heterocycles. The van der Waals surface area contributed by atoms with Gasteiger partial charge in [0.2, 0.25) is 10.0 Å². The summed E-state index contributed by atoms with van der Waals surface area (Å²) in [5.41, 5.74) is 0. The summed E-state index contributed by atoms with van der Waals surface area (Å²) in [6, 6.07) is 4.41. The lowest BCUT2D eigenvalue weighted by Crippen LogP contribution is -2.23. The molecule has 0 aliphatic carbocycles. The lowest BCUT2D eigenvalue weighted by Gasteiger charge is -2.06. The second kappa shape index (κ2) is 5.40. The van der Waals surface area contributed by atoms with Gasteiger partial charge in [-0.05, 0) is 34.1 Å². The van der Waals surface area contributed by atoms with E-state index in [4.69, 9.17) is 11.6 Å². The van der Waals surface area contributed by atoms with Crippen molar-refractivity contribution in [3.05, 3.63) is 45.9 Å². The van der Waals surface area contributed by atoms with Gasteiger partial charge in [0.05, 0.1) is 16.5 Å². The molecule has 8 heteroatoms. The maximum absolute atomic E-state index is 12.0. The maximum Gasteiger partial charge on any atom is 0.241 e. The van der Waals surface area contributed by atoms with E-state index in [2.05, 4.69) is 30.6 Å². The van der Waals surface area contributed by atoms with E-state index in [1.807, 2.05) is 0 Å². The van der Waals surface area contributed by atoms with Crippen LogP contribution in [-0.4, -0.2) is 18.4 Å². The predicted molar refractivity (Wildman–Crippen MR) is 71.8 cm³/mol. The molecule has 0 saturated heterocycles. The van der Waals surface area contributed by atoms with E-state index in [1.165, 1.54) is 18.2 Å². The van der Waals surface area contributed by atoms with Crippen LogP contribution in [0, 0.1) is 0 Å². The molecule has 18 heavy (non-hydrogen) atoms. The van der Waals surface area contributed by atoms with E-state index in [1.54, 1.807) is 12.4 Å². The third kappa shape index (κ3) is 3.11. The number of rotatable bonds is 4. The molecular formula is C10H9BrClN3O2S. The first-order valence-electron chi connectivity index (χ1n) is 4.92. The van der Waals surface area contributed by atoms with Crippen LogP contribution in [0.25, 0.3) is 0 Å². The Morgan fingerprint density at radius 3 is 2.83 bits per heavy atom. The molecule has 0 bridgehead atoms. The van der Waals surface area contributed by atoms with Crippen LogP contribution >= 0.6 is 27.5 Å². The first-order valence-corrected chi connectivity index (χ1v) is 7.57. The Hall–Kier alpha value is -0.890. The smallest absolute Gasteiger partial charge is 0.241 e. The molecular weight excluding hydrogens is 342 g/mol. The van der Waals surface area contributed by atoms with Gasteiger partial charge in [-0.3, -0.25) is 0 Å². The molecule has 0 spiro atoms. The highest BCUT2D eigenvalue weighted by atomic mass is 79.9. The number of H-pyrrole nitrogens is 1. The average molecular weight is 351 g/mol. The van der Waals surface area contributed by atoms with Crippen molar-refractivity contribution in [1.82, 2.24) is 14.7 Å². The number of nitrogens with zero attached hydrogens (tertiary/aromatic N) is 1. The van der Waals surface area contributed by atoms with E-state index in [0.717, 1.165) is 0 Å². The number of hydrogen-bond donors (Lipinski definition) is 2. The molecule has 1 aromatic heterocycles. The SMILES string of the molecule is O=S(=O)(NCc1ncc[nH]1)c1ccc(Cl)c(Br)c1. The Labute approximate surface area is 118 Å². The number of nitrogens with one attached hydrogen (secondary N) is 2. The summed E-state index contributed by atoms with van der Waals surface area (Å²) in [4.78, 5) is 6.89. The third-order valence-corrected chi connectivity index (χ3v) is 4.80. The van der Waals surface area contributed by atoms with Gasteiger partial charge in [0.15, 0.2) is 0 Å². The van der Waals surface area contributed by atoms with Crippen LogP contribution in [0.2, 0.25) is 5.02 Å². The molecule has 0 amide bonds. The summed E-state index contributed by atoms with van der Waals surface area (Å²) in [5, 5.41) is 0.458. The monoisotopic (exact) mass is 349 g/mol. The summed E-state index contributed by atoms with van der Waals surface area (Å²) >= 11 is 9.00. The van der Waals surface area contributed by atoms with Crippen LogP contribution in [0.5, 0.6) is 0 Å². The van der Waals surface area contributed by atoms with E-state index in [9.17, 15) is 8.42 Å². The average Bonchev–Trinajstić information content (AvgIpc) is 2.83. The molecule has 96 valence electrons. The van der Waals surface area contributed by atoms with Crippen LogP contribution in [0.3, 0.4) is 0 Å². The van der Waals surface area contributed by atoms with E-state index >= 15 is 0 Å². The quantitative estimate of drug-likeness (QED) is 0.888. The van der Waals surface area contributed by atoms with Crippen LogP contribution in [-0.2, 0) is 16.6 Å². The standard InChI is InChI=1S/C10H9BrClN3O2S/c11-8-5-7(1-2-9(8)12)18(16,17)15-6-10-13-3-4-14-10/h1-5,15H,6H2,(H,13,14). The fraction of sp³-hybridized carbons (Fsp3) is 0.100. The normalized spacial score (nSPS) is 11.7. The van der Waals surface area contributed by atoms with Crippen molar-refractivity contribution < 1.29 is 8.42 Å². The lowest BCUT2D eigenvalue weighted by atomic mass is 10.4. The van der Waals surface area contributed by atoms with Gasteiger partial charge in [-0.2, -0.15) is 0 Å². The topological polar surface area (TPSA) is 74.8 Å². The summed E-state index contributed by atoms with van der Waals surface area (Å²) in [6.07, 6.45) is 3.19. The maximum atomic E-state index is 12.0. The molecule has 0 saturated carbocycles. The second-order valence-electron chi connectivity index (χ2n) is 3.44. The molecule has 0 aliphatic heterocycles. The minimum Gasteiger partial charge on any atom is -0.347 e. The fourth-order valence-electron chi connectivity index (χ4n) is 1.29. The van der Waals surface area contributed by atoms with Crippen molar-refractivity contribution in [3.63, 3.8) is 0 Å².